The third-order valence-corrected chi connectivity index (χ3v) is 3.23. The standard InChI is InChI=1S/C8H10.C5H3Cl2NO2/c1-2-8-6-4-3-5-7-8;1-8-4(9)2(6)3(7)5(8)10/h3-7H,2H2,1H3;1H3. The Kier molecular flexibility index (Phi) is 5.38. The molecule has 0 saturated carbocycles. The Morgan fingerprint density at radius 3 is 1.67 bits per heavy atom. The maximum Gasteiger partial charge on any atom is 0.273 e. The van der Waals surface area contributed by atoms with E-state index in [9.17, 15) is 9.59 Å². The first-order valence-electron chi connectivity index (χ1n) is 5.40. The van der Waals surface area contributed by atoms with Gasteiger partial charge in [0.05, 0.1) is 0 Å². The molecule has 1 aliphatic rings. The van der Waals surface area contributed by atoms with Crippen molar-refractivity contribution in [3.05, 3.63) is 46.0 Å². The molecule has 0 N–H and O–H groups in total. The van der Waals surface area contributed by atoms with Crippen LogP contribution in [0.4, 0.5) is 0 Å². The van der Waals surface area contributed by atoms with Gasteiger partial charge in [0, 0.05) is 7.05 Å². The lowest BCUT2D eigenvalue weighted by Crippen LogP contribution is -2.25. The van der Waals surface area contributed by atoms with Crippen molar-refractivity contribution >= 4 is 35.0 Å². The molecule has 1 aromatic carbocycles. The first-order valence-corrected chi connectivity index (χ1v) is 6.16. The van der Waals surface area contributed by atoms with Crippen LogP contribution in [0.5, 0.6) is 0 Å². The number of hydrogen-bond donors (Lipinski definition) is 0. The van der Waals surface area contributed by atoms with E-state index in [-0.39, 0.29) is 10.1 Å². The molecule has 0 aromatic heterocycles. The molecule has 18 heavy (non-hydrogen) atoms. The highest BCUT2D eigenvalue weighted by Crippen LogP contribution is 2.24. The molecule has 0 saturated heterocycles. The Bertz CT molecular complexity index is 459. The smallest absolute Gasteiger partial charge is 0.273 e. The molecule has 2 amide bonds. The molecule has 1 aliphatic heterocycles. The van der Waals surface area contributed by atoms with Crippen LogP contribution in [-0.2, 0) is 16.0 Å². The summed E-state index contributed by atoms with van der Waals surface area (Å²) in [5, 5.41) is -0.400. The zero-order chi connectivity index (χ0) is 13.7. The lowest BCUT2D eigenvalue weighted by Gasteiger charge is -2.02. The van der Waals surface area contributed by atoms with E-state index in [0.717, 1.165) is 11.3 Å². The molecule has 0 fully saturated rings. The summed E-state index contributed by atoms with van der Waals surface area (Å²) in [6, 6.07) is 10.5. The number of nitrogens with zero attached hydrogens (tertiary/aromatic N) is 1. The average Bonchev–Trinajstić information content (AvgIpc) is 2.59. The molecule has 96 valence electrons. The fourth-order valence-electron chi connectivity index (χ4n) is 1.29. The maximum absolute atomic E-state index is 10.8. The van der Waals surface area contributed by atoms with Crippen molar-refractivity contribution < 1.29 is 9.59 Å². The van der Waals surface area contributed by atoms with Gasteiger partial charge in [-0.3, -0.25) is 14.5 Å². The molecular weight excluding hydrogens is 273 g/mol. The van der Waals surface area contributed by atoms with E-state index in [1.165, 1.54) is 12.6 Å². The highest BCUT2D eigenvalue weighted by Gasteiger charge is 2.33. The molecule has 2 rings (SSSR count). The lowest BCUT2D eigenvalue weighted by atomic mass is 10.2. The molecular formula is C13H13Cl2NO2. The molecule has 0 atom stereocenters. The Labute approximate surface area is 116 Å². The Hall–Kier alpha value is -1.32. The van der Waals surface area contributed by atoms with E-state index in [0.29, 0.717) is 0 Å². The summed E-state index contributed by atoms with van der Waals surface area (Å²) >= 11 is 10.7. The third kappa shape index (κ3) is 3.34. The second kappa shape index (κ2) is 6.57. The number of rotatable bonds is 1. The molecule has 0 aliphatic carbocycles. The van der Waals surface area contributed by atoms with Crippen molar-refractivity contribution in [3.8, 4) is 0 Å². The minimum atomic E-state index is -0.545. The monoisotopic (exact) mass is 285 g/mol. The number of carbonyl (C=O) groups is 2. The van der Waals surface area contributed by atoms with Gasteiger partial charge in [-0.05, 0) is 12.0 Å². The van der Waals surface area contributed by atoms with Crippen LogP contribution in [0.1, 0.15) is 12.5 Å². The van der Waals surface area contributed by atoms with Crippen molar-refractivity contribution in [2.24, 2.45) is 0 Å². The summed E-state index contributed by atoms with van der Waals surface area (Å²) in [7, 11) is 1.32. The second-order valence-corrected chi connectivity index (χ2v) is 4.39. The minimum Gasteiger partial charge on any atom is -0.276 e. The van der Waals surface area contributed by atoms with Crippen molar-refractivity contribution in [2.45, 2.75) is 13.3 Å². The van der Waals surface area contributed by atoms with Crippen LogP contribution in [0.3, 0.4) is 0 Å². The fraction of sp³-hybridized carbons (Fsp3) is 0.231. The van der Waals surface area contributed by atoms with Crippen LogP contribution >= 0.6 is 23.2 Å². The quantitative estimate of drug-likeness (QED) is 0.744. The molecule has 0 spiro atoms. The summed E-state index contributed by atoms with van der Waals surface area (Å²) in [5.41, 5.74) is 1.41. The van der Waals surface area contributed by atoms with Crippen molar-refractivity contribution in [3.63, 3.8) is 0 Å². The summed E-state index contributed by atoms with van der Waals surface area (Å²) in [6.45, 7) is 2.16. The molecule has 0 radical (unpaired) electrons. The van der Waals surface area contributed by atoms with Gasteiger partial charge in [0.2, 0.25) is 0 Å². The van der Waals surface area contributed by atoms with E-state index in [2.05, 4.69) is 31.2 Å². The summed E-state index contributed by atoms with van der Waals surface area (Å²) in [4.78, 5) is 22.4. The van der Waals surface area contributed by atoms with E-state index in [4.69, 9.17) is 23.2 Å². The van der Waals surface area contributed by atoms with Gasteiger partial charge in [-0.25, -0.2) is 0 Å². The van der Waals surface area contributed by atoms with Crippen molar-refractivity contribution in [1.82, 2.24) is 4.90 Å². The number of benzene rings is 1. The molecule has 0 unspecified atom stereocenters. The Balaban J connectivity index is 0.000000184. The van der Waals surface area contributed by atoms with Gasteiger partial charge in [0.15, 0.2) is 0 Å². The zero-order valence-corrected chi connectivity index (χ0v) is 11.6. The van der Waals surface area contributed by atoms with Gasteiger partial charge in [-0.2, -0.15) is 0 Å². The topological polar surface area (TPSA) is 37.4 Å². The van der Waals surface area contributed by atoms with Gasteiger partial charge < -0.3 is 0 Å². The van der Waals surface area contributed by atoms with Gasteiger partial charge in [-0.15, -0.1) is 0 Å². The number of aryl methyl sites for hydroxylation is 1. The minimum absolute atomic E-state index is 0.200. The van der Waals surface area contributed by atoms with Crippen LogP contribution in [0.2, 0.25) is 0 Å². The van der Waals surface area contributed by atoms with Crippen LogP contribution in [-0.4, -0.2) is 23.8 Å². The van der Waals surface area contributed by atoms with Crippen molar-refractivity contribution in [1.29, 1.82) is 0 Å². The zero-order valence-electron chi connectivity index (χ0n) is 10.1. The third-order valence-electron chi connectivity index (χ3n) is 2.43. The van der Waals surface area contributed by atoms with Gasteiger partial charge in [-0.1, -0.05) is 60.5 Å². The molecule has 5 heteroatoms. The number of halogens is 2. The summed E-state index contributed by atoms with van der Waals surface area (Å²) < 4.78 is 0. The molecule has 1 aromatic rings. The van der Waals surface area contributed by atoms with Crippen LogP contribution in [0.25, 0.3) is 0 Å². The van der Waals surface area contributed by atoms with E-state index < -0.39 is 11.8 Å². The molecule has 1 heterocycles. The number of carbonyl (C=O) groups excluding carboxylic acids is 2. The maximum atomic E-state index is 10.8. The SMILES string of the molecule is CCc1ccccc1.CN1C(=O)C(Cl)=C(Cl)C1=O. The van der Waals surface area contributed by atoms with Crippen LogP contribution in [0, 0.1) is 0 Å². The van der Waals surface area contributed by atoms with E-state index in [1.54, 1.807) is 0 Å². The average molecular weight is 286 g/mol. The number of likely N-dealkylation sites (N-methyl/N-ethyl adjacent to an activating group) is 1. The highest BCUT2D eigenvalue weighted by molar-refractivity contribution is 6.58. The number of amides is 2. The summed E-state index contributed by atoms with van der Waals surface area (Å²) in [6.07, 6.45) is 1.14. The fourth-order valence-corrected chi connectivity index (χ4v) is 1.70. The Morgan fingerprint density at radius 2 is 1.44 bits per heavy atom. The summed E-state index contributed by atoms with van der Waals surface area (Å²) in [5.74, 6) is -1.09. The van der Waals surface area contributed by atoms with Crippen LogP contribution in [0.15, 0.2) is 40.4 Å². The number of hydrogen-bond acceptors (Lipinski definition) is 2. The lowest BCUT2D eigenvalue weighted by molar-refractivity contribution is -0.135. The van der Waals surface area contributed by atoms with E-state index in [1.807, 2.05) is 6.07 Å². The van der Waals surface area contributed by atoms with Crippen molar-refractivity contribution in [2.75, 3.05) is 7.05 Å². The predicted octanol–water partition coefficient (Wildman–Crippen LogP) is 2.92. The molecule has 0 bridgehead atoms. The first-order chi connectivity index (χ1) is 8.49. The normalized spacial score (nSPS) is 14.8. The highest BCUT2D eigenvalue weighted by atomic mass is 35.5. The van der Waals surface area contributed by atoms with Crippen LogP contribution < -0.4 is 0 Å². The van der Waals surface area contributed by atoms with E-state index >= 15 is 0 Å². The number of imide groups is 1. The predicted molar refractivity (Wildman–Crippen MR) is 72.3 cm³/mol. The van der Waals surface area contributed by atoms with Gasteiger partial charge >= 0.3 is 0 Å². The second-order valence-electron chi connectivity index (χ2n) is 3.64. The first kappa shape index (κ1) is 14.7. The van der Waals surface area contributed by atoms with Gasteiger partial charge in [0.1, 0.15) is 10.1 Å². The van der Waals surface area contributed by atoms with Gasteiger partial charge in [0.25, 0.3) is 11.8 Å². The largest absolute Gasteiger partial charge is 0.276 e. The Morgan fingerprint density at radius 1 is 1.00 bits per heavy atom. The molecule has 3 nitrogen and oxygen atoms in total.